The number of aromatic nitrogens is 1. The van der Waals surface area contributed by atoms with Gasteiger partial charge in [0.05, 0.1) is 23.9 Å². The van der Waals surface area contributed by atoms with E-state index >= 15 is 0 Å². The molecule has 4 heteroatoms. The molecule has 0 radical (unpaired) electrons. The molecule has 2 aromatic rings. The van der Waals surface area contributed by atoms with Crippen LogP contribution in [0.25, 0.3) is 0 Å². The van der Waals surface area contributed by atoms with E-state index in [2.05, 4.69) is 22.0 Å². The Morgan fingerprint density at radius 2 is 1.92 bits per heavy atom. The van der Waals surface area contributed by atoms with Gasteiger partial charge in [0, 0.05) is 19.3 Å². The summed E-state index contributed by atoms with van der Waals surface area (Å²) in [5.41, 5.74) is 2.97. The summed E-state index contributed by atoms with van der Waals surface area (Å²) in [6, 6.07) is 15.8. The predicted octanol–water partition coefficient (Wildman–Crippen LogP) is 3.38. The first-order valence-corrected chi connectivity index (χ1v) is 8.52. The topological polar surface area (TPSA) is 49.1 Å². The molecule has 24 heavy (non-hydrogen) atoms. The van der Waals surface area contributed by atoms with E-state index in [0.717, 1.165) is 37.5 Å². The van der Waals surface area contributed by atoms with Gasteiger partial charge in [-0.25, -0.2) is 0 Å². The number of nitrogens with zero attached hydrogens (tertiary/aromatic N) is 3. The second-order valence-corrected chi connectivity index (χ2v) is 6.36. The van der Waals surface area contributed by atoms with Crippen LogP contribution in [0.2, 0.25) is 0 Å². The summed E-state index contributed by atoms with van der Waals surface area (Å²) >= 11 is 0. The highest BCUT2D eigenvalue weighted by Crippen LogP contribution is 2.19. The highest BCUT2D eigenvalue weighted by molar-refractivity contribution is 5.31. The van der Waals surface area contributed by atoms with E-state index < -0.39 is 0 Å². The van der Waals surface area contributed by atoms with E-state index in [1.807, 2.05) is 42.6 Å². The summed E-state index contributed by atoms with van der Waals surface area (Å²) < 4.78 is 5.87. The Bertz CT molecular complexity index is 656. The van der Waals surface area contributed by atoms with Crippen LogP contribution >= 0.6 is 0 Å². The van der Waals surface area contributed by atoms with Crippen molar-refractivity contribution in [2.75, 3.05) is 19.7 Å². The summed E-state index contributed by atoms with van der Waals surface area (Å²) in [5, 5.41) is 8.80. The van der Waals surface area contributed by atoms with Crippen molar-refractivity contribution >= 4 is 0 Å². The zero-order valence-electron chi connectivity index (χ0n) is 13.9. The van der Waals surface area contributed by atoms with Crippen LogP contribution in [0.3, 0.4) is 0 Å². The molecule has 0 atom stereocenters. The minimum absolute atomic E-state index is 0.625. The van der Waals surface area contributed by atoms with Crippen LogP contribution in [0, 0.1) is 17.2 Å². The van der Waals surface area contributed by atoms with E-state index in [1.54, 1.807) is 0 Å². The van der Waals surface area contributed by atoms with Crippen molar-refractivity contribution in [1.29, 1.82) is 5.26 Å². The molecule has 0 N–H and O–H groups in total. The van der Waals surface area contributed by atoms with Crippen molar-refractivity contribution < 1.29 is 4.74 Å². The molecule has 2 heterocycles. The maximum absolute atomic E-state index is 8.80. The Morgan fingerprint density at radius 1 is 1.12 bits per heavy atom. The lowest BCUT2D eigenvalue weighted by molar-refractivity contribution is 0.0560. The molecule has 3 rings (SSSR count). The van der Waals surface area contributed by atoms with Crippen LogP contribution in [-0.4, -0.2) is 29.6 Å². The number of piperidine rings is 1. The average molecular weight is 321 g/mol. The molecule has 124 valence electrons. The zero-order chi connectivity index (χ0) is 16.6. The summed E-state index contributed by atoms with van der Waals surface area (Å²) in [6.45, 7) is 4.61. The highest BCUT2D eigenvalue weighted by Gasteiger charge is 2.19. The molecular formula is C20H23N3O. The molecule has 1 aliphatic heterocycles. The molecule has 0 bridgehead atoms. The van der Waals surface area contributed by atoms with E-state index in [1.165, 1.54) is 12.8 Å². The van der Waals surface area contributed by atoms with Crippen LogP contribution in [0.5, 0.6) is 0 Å². The molecule has 1 aliphatic rings. The van der Waals surface area contributed by atoms with Gasteiger partial charge in [0.1, 0.15) is 0 Å². The molecule has 0 spiro atoms. The van der Waals surface area contributed by atoms with E-state index in [-0.39, 0.29) is 0 Å². The van der Waals surface area contributed by atoms with Crippen LogP contribution in [0.1, 0.15) is 29.7 Å². The summed E-state index contributed by atoms with van der Waals surface area (Å²) in [4.78, 5) is 6.87. The van der Waals surface area contributed by atoms with Gasteiger partial charge in [-0.1, -0.05) is 18.2 Å². The monoisotopic (exact) mass is 321 g/mol. The van der Waals surface area contributed by atoms with Gasteiger partial charge in [0.15, 0.2) is 0 Å². The predicted molar refractivity (Wildman–Crippen MR) is 93.1 cm³/mol. The second-order valence-electron chi connectivity index (χ2n) is 6.36. The van der Waals surface area contributed by atoms with Crippen LogP contribution in [0.4, 0.5) is 0 Å². The quantitative estimate of drug-likeness (QED) is 0.818. The number of nitriles is 1. The number of hydrogen-bond donors (Lipinski definition) is 0. The first-order valence-electron chi connectivity index (χ1n) is 8.52. The van der Waals surface area contributed by atoms with Crippen molar-refractivity contribution in [2.45, 2.75) is 26.0 Å². The Hall–Kier alpha value is -2.22. The van der Waals surface area contributed by atoms with E-state index in [9.17, 15) is 0 Å². The molecule has 0 saturated carbocycles. The maximum atomic E-state index is 8.80. The number of rotatable bonds is 6. The van der Waals surface area contributed by atoms with E-state index in [4.69, 9.17) is 10.00 Å². The number of hydrogen-bond acceptors (Lipinski definition) is 4. The molecule has 0 unspecified atom stereocenters. The van der Waals surface area contributed by atoms with Crippen LogP contribution in [-0.2, 0) is 17.9 Å². The van der Waals surface area contributed by atoms with Gasteiger partial charge in [0.25, 0.3) is 0 Å². The van der Waals surface area contributed by atoms with E-state index in [0.29, 0.717) is 18.1 Å². The van der Waals surface area contributed by atoms with Crippen LogP contribution in [0.15, 0.2) is 48.7 Å². The zero-order valence-corrected chi connectivity index (χ0v) is 13.9. The largest absolute Gasteiger partial charge is 0.376 e. The molecule has 1 fully saturated rings. The Labute approximate surface area is 143 Å². The smallest absolute Gasteiger partial charge is 0.0991 e. The lowest BCUT2D eigenvalue weighted by Gasteiger charge is -2.31. The molecule has 1 aromatic heterocycles. The fourth-order valence-electron chi connectivity index (χ4n) is 3.05. The maximum Gasteiger partial charge on any atom is 0.0991 e. The summed E-state index contributed by atoms with van der Waals surface area (Å²) in [7, 11) is 0. The third kappa shape index (κ3) is 4.89. The molecule has 1 aromatic carbocycles. The molecule has 1 saturated heterocycles. The summed E-state index contributed by atoms with van der Waals surface area (Å²) in [5.74, 6) is 0.642. The van der Waals surface area contributed by atoms with Crippen molar-refractivity contribution in [3.63, 3.8) is 0 Å². The van der Waals surface area contributed by atoms with Gasteiger partial charge in [-0.05, 0) is 61.7 Å². The lowest BCUT2D eigenvalue weighted by Crippen LogP contribution is -2.34. The Kier molecular flexibility index (Phi) is 5.95. The first-order chi connectivity index (χ1) is 11.8. The van der Waals surface area contributed by atoms with Crippen molar-refractivity contribution in [1.82, 2.24) is 9.88 Å². The van der Waals surface area contributed by atoms with Gasteiger partial charge in [-0.3, -0.25) is 9.88 Å². The lowest BCUT2D eigenvalue weighted by atomic mass is 9.97. The van der Waals surface area contributed by atoms with Crippen molar-refractivity contribution in [2.24, 2.45) is 5.92 Å². The second kappa shape index (κ2) is 8.58. The van der Waals surface area contributed by atoms with Crippen molar-refractivity contribution in [3.05, 3.63) is 65.5 Å². The fraction of sp³-hybridized carbons (Fsp3) is 0.400. The number of benzene rings is 1. The van der Waals surface area contributed by atoms with Crippen molar-refractivity contribution in [3.8, 4) is 6.07 Å². The van der Waals surface area contributed by atoms with Crippen LogP contribution < -0.4 is 0 Å². The molecule has 0 aliphatic carbocycles. The average Bonchev–Trinajstić information content (AvgIpc) is 2.65. The van der Waals surface area contributed by atoms with Gasteiger partial charge >= 0.3 is 0 Å². The number of ether oxygens (including phenoxy) is 1. The Balaban J connectivity index is 1.35. The fourth-order valence-corrected chi connectivity index (χ4v) is 3.05. The standard InChI is InChI=1S/C20H23N3O/c21-13-17-4-6-18(7-5-17)15-24-16-19-8-11-23(12-9-19)14-20-3-1-2-10-22-20/h1-7,10,19H,8-9,11-12,14-16H2. The third-order valence-corrected chi connectivity index (χ3v) is 4.52. The minimum Gasteiger partial charge on any atom is -0.376 e. The van der Waals surface area contributed by atoms with Gasteiger partial charge in [-0.15, -0.1) is 0 Å². The number of likely N-dealkylation sites (tertiary alicyclic amines) is 1. The van der Waals surface area contributed by atoms with Gasteiger partial charge < -0.3 is 4.74 Å². The van der Waals surface area contributed by atoms with Gasteiger partial charge in [-0.2, -0.15) is 5.26 Å². The molecule has 0 amide bonds. The summed E-state index contributed by atoms with van der Waals surface area (Å²) in [6.07, 6.45) is 4.22. The highest BCUT2D eigenvalue weighted by atomic mass is 16.5. The third-order valence-electron chi connectivity index (χ3n) is 4.52. The SMILES string of the molecule is N#Cc1ccc(COCC2CCN(Cc3ccccn3)CC2)cc1. The molecule has 4 nitrogen and oxygen atoms in total. The number of pyridine rings is 1. The molecular weight excluding hydrogens is 298 g/mol. The minimum atomic E-state index is 0.625. The normalized spacial score (nSPS) is 16.0. The van der Waals surface area contributed by atoms with Gasteiger partial charge in [0.2, 0.25) is 0 Å². The Morgan fingerprint density at radius 3 is 2.58 bits per heavy atom. The first kappa shape index (κ1) is 16.6.